The maximum Gasteiger partial charge on any atom is 0.338 e. The number of carbonyl (C=O) groups is 3. The number of aliphatic hydroxyl groups is 1. The van der Waals surface area contributed by atoms with Gasteiger partial charge in [0.2, 0.25) is 0 Å². The fraction of sp³-hybridized carbons (Fsp3) is 0.240. The lowest BCUT2D eigenvalue weighted by molar-refractivity contribution is -0.178. The Morgan fingerprint density at radius 3 is 1.89 bits per heavy atom. The first-order chi connectivity index (χ1) is 17.0. The molecule has 0 aromatic heterocycles. The molecule has 5 N–H and O–H groups in total. The number of benzene rings is 2. The Morgan fingerprint density at radius 2 is 1.36 bits per heavy atom. The molecule has 1 heterocycles. The molecule has 1 saturated carbocycles. The van der Waals surface area contributed by atoms with Gasteiger partial charge in [0.05, 0.1) is 0 Å². The summed E-state index contributed by atoms with van der Waals surface area (Å²) in [4.78, 5) is 37.0. The van der Waals surface area contributed by atoms with Gasteiger partial charge in [0.1, 0.15) is 12.2 Å². The molecule has 2 aliphatic rings. The largest absolute Gasteiger partial charge is 0.504 e. The number of carbonyl (C=O) groups excluding carboxylic acids is 3. The zero-order chi connectivity index (χ0) is 26.0. The van der Waals surface area contributed by atoms with E-state index in [1.165, 1.54) is 48.6 Å². The average Bonchev–Trinajstić information content (AvgIpc) is 3.07. The Labute approximate surface area is 204 Å². The quantitative estimate of drug-likeness (QED) is 0.169. The van der Waals surface area contributed by atoms with Crippen LogP contribution in [0.3, 0.4) is 0 Å². The van der Waals surface area contributed by atoms with E-state index in [4.69, 9.17) is 14.2 Å². The Morgan fingerprint density at radius 1 is 0.833 bits per heavy atom. The number of esters is 3. The highest BCUT2D eigenvalue weighted by Gasteiger charge is 2.60. The number of hydrogen-bond acceptors (Lipinski definition) is 11. The van der Waals surface area contributed by atoms with Crippen molar-refractivity contribution in [1.82, 2.24) is 0 Å². The SMILES string of the molecule is O=C(/C=C/c1ccc(O)c(O)c1)OC1CC2(O)CC(OC2=O)C1OC(=O)/C=C/c1ccc(O)c(O)c1. The number of aromatic hydroxyl groups is 4. The van der Waals surface area contributed by atoms with Gasteiger partial charge < -0.3 is 39.7 Å². The molecule has 4 rings (SSSR count). The van der Waals surface area contributed by atoms with E-state index >= 15 is 0 Å². The van der Waals surface area contributed by atoms with E-state index in [9.17, 15) is 39.9 Å². The Bertz CT molecular complexity index is 1260. The highest BCUT2D eigenvalue weighted by atomic mass is 16.6. The predicted octanol–water partition coefficient (Wildman–Crippen LogP) is 1.51. The lowest BCUT2D eigenvalue weighted by Crippen LogP contribution is -2.51. The highest BCUT2D eigenvalue weighted by Crippen LogP contribution is 2.41. The zero-order valence-electron chi connectivity index (χ0n) is 18.6. The summed E-state index contributed by atoms with van der Waals surface area (Å²) in [5.41, 5.74) is -1.11. The second-order valence-electron chi connectivity index (χ2n) is 8.42. The van der Waals surface area contributed by atoms with E-state index < -0.39 is 41.8 Å². The number of ether oxygens (including phenoxy) is 3. The summed E-state index contributed by atoms with van der Waals surface area (Å²) in [7, 11) is 0. The normalized spacial score (nSPS) is 25.1. The van der Waals surface area contributed by atoms with E-state index in [1.807, 2.05) is 0 Å². The zero-order valence-corrected chi connectivity index (χ0v) is 18.6. The van der Waals surface area contributed by atoms with Gasteiger partial charge in [0.25, 0.3) is 0 Å². The molecule has 2 fully saturated rings. The molecule has 188 valence electrons. The van der Waals surface area contributed by atoms with Crippen molar-refractivity contribution >= 4 is 30.1 Å². The van der Waals surface area contributed by atoms with Gasteiger partial charge in [-0.15, -0.1) is 0 Å². The first-order valence-corrected chi connectivity index (χ1v) is 10.8. The van der Waals surface area contributed by atoms with Crippen molar-refractivity contribution in [3.8, 4) is 23.0 Å². The Kier molecular flexibility index (Phi) is 6.58. The van der Waals surface area contributed by atoms with E-state index in [2.05, 4.69) is 0 Å². The number of hydrogen-bond donors (Lipinski definition) is 5. The summed E-state index contributed by atoms with van der Waals surface area (Å²) in [5.74, 6) is -4.05. The first-order valence-electron chi connectivity index (χ1n) is 10.8. The van der Waals surface area contributed by atoms with Gasteiger partial charge in [-0.25, -0.2) is 14.4 Å². The minimum absolute atomic E-state index is 0.143. The van der Waals surface area contributed by atoms with Crippen molar-refractivity contribution in [1.29, 1.82) is 0 Å². The van der Waals surface area contributed by atoms with Crippen molar-refractivity contribution in [2.75, 3.05) is 0 Å². The molecule has 4 unspecified atom stereocenters. The molecule has 11 nitrogen and oxygen atoms in total. The Hall–Kier alpha value is -4.51. The molecule has 0 radical (unpaired) electrons. The maximum atomic E-state index is 12.5. The van der Waals surface area contributed by atoms with Crippen LogP contribution >= 0.6 is 0 Å². The van der Waals surface area contributed by atoms with Crippen LogP contribution in [0, 0.1) is 0 Å². The van der Waals surface area contributed by atoms with Crippen LogP contribution in [-0.4, -0.2) is 67.4 Å². The molecular weight excluding hydrogens is 476 g/mol. The minimum Gasteiger partial charge on any atom is -0.504 e. The topological polar surface area (TPSA) is 180 Å². The molecule has 2 aromatic rings. The van der Waals surface area contributed by atoms with Crippen molar-refractivity contribution in [2.24, 2.45) is 0 Å². The molecule has 0 amide bonds. The molecule has 0 spiro atoms. The molecular formula is C25H22O11. The van der Waals surface area contributed by atoms with Gasteiger partial charge in [-0.3, -0.25) is 0 Å². The van der Waals surface area contributed by atoms with E-state index in [-0.39, 0.29) is 35.8 Å². The molecule has 2 aromatic carbocycles. The number of rotatable bonds is 6. The second-order valence-corrected chi connectivity index (χ2v) is 8.42. The first kappa shape index (κ1) is 24.6. The van der Waals surface area contributed by atoms with Crippen molar-refractivity contribution in [2.45, 2.75) is 36.8 Å². The maximum absolute atomic E-state index is 12.5. The summed E-state index contributed by atoms with van der Waals surface area (Å²) < 4.78 is 15.9. The van der Waals surface area contributed by atoms with Crippen molar-refractivity contribution < 1.29 is 54.1 Å². The lowest BCUT2D eigenvalue weighted by atomic mass is 9.82. The van der Waals surface area contributed by atoms with Crippen LogP contribution in [0.4, 0.5) is 0 Å². The molecule has 1 aliphatic heterocycles. The third-order valence-corrected chi connectivity index (χ3v) is 5.79. The van der Waals surface area contributed by atoms with Gasteiger partial charge in [0, 0.05) is 25.0 Å². The van der Waals surface area contributed by atoms with Crippen LogP contribution in [0.2, 0.25) is 0 Å². The number of phenolic OH excluding ortho intramolecular Hbond substituents is 4. The summed E-state index contributed by atoms with van der Waals surface area (Å²) in [6.07, 6.45) is 0.764. The summed E-state index contributed by atoms with van der Waals surface area (Å²) in [5, 5.41) is 48.4. The third-order valence-electron chi connectivity index (χ3n) is 5.79. The van der Waals surface area contributed by atoms with E-state index in [0.29, 0.717) is 11.1 Å². The molecule has 11 heteroatoms. The van der Waals surface area contributed by atoms with Gasteiger partial charge >= 0.3 is 17.9 Å². The predicted molar refractivity (Wildman–Crippen MR) is 121 cm³/mol. The average molecular weight is 498 g/mol. The van der Waals surface area contributed by atoms with Crippen LogP contribution < -0.4 is 0 Å². The van der Waals surface area contributed by atoms with Gasteiger partial charge in [-0.2, -0.15) is 0 Å². The van der Waals surface area contributed by atoms with E-state index in [0.717, 1.165) is 12.2 Å². The van der Waals surface area contributed by atoms with Gasteiger partial charge in [-0.05, 0) is 47.5 Å². The molecule has 4 atom stereocenters. The van der Waals surface area contributed by atoms with Crippen molar-refractivity contribution in [3.05, 3.63) is 59.7 Å². The van der Waals surface area contributed by atoms with Crippen LogP contribution in [0.1, 0.15) is 24.0 Å². The van der Waals surface area contributed by atoms with Crippen LogP contribution in [0.15, 0.2) is 48.6 Å². The fourth-order valence-electron chi connectivity index (χ4n) is 3.98. The van der Waals surface area contributed by atoms with Crippen LogP contribution in [0.5, 0.6) is 23.0 Å². The minimum atomic E-state index is -1.88. The number of fused-ring (bicyclic) bond motifs is 2. The smallest absolute Gasteiger partial charge is 0.338 e. The molecule has 1 saturated heterocycles. The third kappa shape index (κ3) is 5.26. The van der Waals surface area contributed by atoms with Gasteiger partial charge in [0.15, 0.2) is 34.7 Å². The lowest BCUT2D eigenvalue weighted by Gasteiger charge is -2.35. The summed E-state index contributed by atoms with van der Waals surface area (Å²) >= 11 is 0. The van der Waals surface area contributed by atoms with E-state index in [1.54, 1.807) is 0 Å². The Balaban J connectivity index is 1.46. The standard InChI is InChI=1S/C25H22O11/c26-15-5-1-13(9-17(15)28)3-7-21(30)34-19-11-25(33)12-20(35-24(25)32)23(19)36-22(31)8-4-14-2-6-16(27)18(29)10-14/h1-10,19-20,23,26-29,33H,11-12H2/b7-3+,8-4+. The fourth-order valence-corrected chi connectivity index (χ4v) is 3.98. The molecule has 2 bridgehead atoms. The van der Waals surface area contributed by atoms with Crippen molar-refractivity contribution in [3.63, 3.8) is 0 Å². The van der Waals surface area contributed by atoms with Crippen LogP contribution in [-0.2, 0) is 28.6 Å². The highest BCUT2D eigenvalue weighted by molar-refractivity contribution is 5.89. The monoisotopic (exact) mass is 498 g/mol. The number of phenols is 4. The molecule has 1 aliphatic carbocycles. The van der Waals surface area contributed by atoms with Crippen LogP contribution in [0.25, 0.3) is 12.2 Å². The molecule has 36 heavy (non-hydrogen) atoms. The summed E-state index contributed by atoms with van der Waals surface area (Å²) in [6.45, 7) is 0. The van der Waals surface area contributed by atoms with Gasteiger partial charge in [-0.1, -0.05) is 12.1 Å². The second kappa shape index (κ2) is 9.62. The summed E-state index contributed by atoms with van der Waals surface area (Å²) in [6, 6.07) is 7.81.